The second-order valence-corrected chi connectivity index (χ2v) is 8.09. The van der Waals surface area contributed by atoms with Crippen LogP contribution in [0.25, 0.3) is 0 Å². The first-order valence-corrected chi connectivity index (χ1v) is 10.9. The molecule has 3 rings (SSSR count). The van der Waals surface area contributed by atoms with Gasteiger partial charge >= 0.3 is 0 Å². The smallest absolute Gasteiger partial charge is 0.234 e. The maximum absolute atomic E-state index is 13.1. The molecule has 1 N–H and O–H groups in total. The molecule has 1 aliphatic rings. The van der Waals surface area contributed by atoms with Crippen LogP contribution in [0.1, 0.15) is 12.0 Å². The van der Waals surface area contributed by atoms with Crippen LogP contribution in [0.5, 0.6) is 0 Å². The van der Waals surface area contributed by atoms with E-state index in [9.17, 15) is 14.0 Å². The largest absolute Gasteiger partial charge is 0.370 e. The first-order valence-electron chi connectivity index (χ1n) is 9.74. The molecule has 5 nitrogen and oxygen atoms in total. The lowest BCUT2D eigenvalue weighted by Crippen LogP contribution is -2.36. The molecule has 0 spiro atoms. The fraction of sp³-hybridized carbons (Fsp3) is 0.364. The van der Waals surface area contributed by atoms with Crippen molar-refractivity contribution in [3.63, 3.8) is 0 Å². The Balaban J connectivity index is 1.41. The third-order valence-corrected chi connectivity index (χ3v) is 5.72. The first kappa shape index (κ1) is 21.2. The summed E-state index contributed by atoms with van der Waals surface area (Å²) < 4.78 is 13.1. The Morgan fingerprint density at radius 1 is 1.03 bits per heavy atom. The van der Waals surface area contributed by atoms with Crippen LogP contribution in [0, 0.1) is 12.7 Å². The van der Waals surface area contributed by atoms with Gasteiger partial charge in [0, 0.05) is 37.6 Å². The number of rotatable bonds is 6. The summed E-state index contributed by atoms with van der Waals surface area (Å²) in [6.45, 7) is 4.86. The van der Waals surface area contributed by atoms with Crippen LogP contribution in [0.3, 0.4) is 0 Å². The Kier molecular flexibility index (Phi) is 7.52. The average molecular weight is 416 g/mol. The lowest BCUT2D eigenvalue weighted by atomic mass is 10.2. The predicted octanol–water partition coefficient (Wildman–Crippen LogP) is 3.54. The molecule has 0 aliphatic carbocycles. The summed E-state index contributed by atoms with van der Waals surface area (Å²) in [5, 5.41) is 2.86. The summed E-state index contributed by atoms with van der Waals surface area (Å²) in [6.07, 6.45) is 0.863. The molecule has 1 fully saturated rings. The molecule has 0 aromatic heterocycles. The molecule has 29 heavy (non-hydrogen) atoms. The normalized spacial score (nSPS) is 14.4. The standard InChI is InChI=1S/C22H26FN3O2S/c1-17-4-2-5-19(14-17)24-21(27)15-29-16-22(28)26-11-3-10-25(12-13-26)20-8-6-18(23)7-9-20/h2,4-9,14H,3,10-13,15-16H2,1H3,(H,24,27). The van der Waals surface area contributed by atoms with Gasteiger partial charge in [0.2, 0.25) is 11.8 Å². The van der Waals surface area contributed by atoms with Gasteiger partial charge < -0.3 is 15.1 Å². The summed E-state index contributed by atoms with van der Waals surface area (Å²) in [4.78, 5) is 28.6. The number of hydrogen-bond acceptors (Lipinski definition) is 4. The van der Waals surface area contributed by atoms with Crippen molar-refractivity contribution in [2.45, 2.75) is 13.3 Å². The zero-order valence-corrected chi connectivity index (χ0v) is 17.4. The van der Waals surface area contributed by atoms with Crippen LogP contribution in [0.15, 0.2) is 48.5 Å². The van der Waals surface area contributed by atoms with E-state index in [1.807, 2.05) is 36.1 Å². The zero-order valence-electron chi connectivity index (χ0n) is 16.6. The van der Waals surface area contributed by atoms with E-state index in [2.05, 4.69) is 10.2 Å². The molecular formula is C22H26FN3O2S. The van der Waals surface area contributed by atoms with Gasteiger partial charge in [0.1, 0.15) is 5.82 Å². The minimum Gasteiger partial charge on any atom is -0.370 e. The molecule has 7 heteroatoms. The number of carbonyl (C=O) groups excluding carboxylic acids is 2. The highest BCUT2D eigenvalue weighted by Gasteiger charge is 2.19. The van der Waals surface area contributed by atoms with E-state index in [4.69, 9.17) is 0 Å². The number of anilines is 2. The van der Waals surface area contributed by atoms with Crippen molar-refractivity contribution in [3.8, 4) is 0 Å². The number of nitrogens with one attached hydrogen (secondary N) is 1. The maximum Gasteiger partial charge on any atom is 0.234 e. The molecule has 0 bridgehead atoms. The third kappa shape index (κ3) is 6.49. The van der Waals surface area contributed by atoms with Crippen molar-refractivity contribution in [1.29, 1.82) is 0 Å². The fourth-order valence-corrected chi connectivity index (χ4v) is 4.04. The Hall–Kier alpha value is -2.54. The van der Waals surface area contributed by atoms with Crippen LogP contribution in [-0.4, -0.2) is 54.4 Å². The molecule has 0 radical (unpaired) electrons. The minimum atomic E-state index is -0.246. The van der Waals surface area contributed by atoms with E-state index in [-0.39, 0.29) is 29.1 Å². The van der Waals surface area contributed by atoms with Crippen LogP contribution >= 0.6 is 11.8 Å². The molecule has 2 aromatic rings. The quantitative estimate of drug-likeness (QED) is 0.784. The van der Waals surface area contributed by atoms with Gasteiger partial charge in [-0.05, 0) is 55.3 Å². The van der Waals surface area contributed by atoms with E-state index in [0.717, 1.165) is 36.4 Å². The highest BCUT2D eigenvalue weighted by molar-refractivity contribution is 8.00. The van der Waals surface area contributed by atoms with Gasteiger partial charge in [-0.1, -0.05) is 12.1 Å². The second-order valence-electron chi connectivity index (χ2n) is 7.11. The van der Waals surface area contributed by atoms with Gasteiger partial charge in [0.15, 0.2) is 0 Å². The van der Waals surface area contributed by atoms with Crippen molar-refractivity contribution in [2.24, 2.45) is 0 Å². The average Bonchev–Trinajstić information content (AvgIpc) is 2.95. The molecule has 1 saturated heterocycles. The number of halogens is 1. The molecule has 0 atom stereocenters. The molecular weight excluding hydrogens is 389 g/mol. The van der Waals surface area contributed by atoms with Crippen LogP contribution in [0.4, 0.5) is 15.8 Å². The Labute approximate surface area is 175 Å². The summed E-state index contributed by atoms with van der Waals surface area (Å²) in [5.74, 6) is 0.238. The number of amides is 2. The van der Waals surface area contributed by atoms with Crippen LogP contribution in [-0.2, 0) is 9.59 Å². The monoisotopic (exact) mass is 415 g/mol. The van der Waals surface area contributed by atoms with Gasteiger partial charge in [-0.25, -0.2) is 4.39 Å². The number of carbonyl (C=O) groups is 2. The van der Waals surface area contributed by atoms with Gasteiger partial charge in [0.25, 0.3) is 0 Å². The summed E-state index contributed by atoms with van der Waals surface area (Å²) in [6, 6.07) is 14.1. The highest BCUT2D eigenvalue weighted by atomic mass is 32.2. The van der Waals surface area contributed by atoms with Gasteiger partial charge in [-0.3, -0.25) is 9.59 Å². The van der Waals surface area contributed by atoms with E-state index >= 15 is 0 Å². The Morgan fingerprint density at radius 2 is 1.83 bits per heavy atom. The van der Waals surface area contributed by atoms with Gasteiger partial charge in [0.05, 0.1) is 11.5 Å². The zero-order chi connectivity index (χ0) is 20.6. The van der Waals surface area contributed by atoms with E-state index < -0.39 is 0 Å². The van der Waals surface area contributed by atoms with Crippen LogP contribution < -0.4 is 10.2 Å². The van der Waals surface area contributed by atoms with Gasteiger partial charge in [-0.2, -0.15) is 0 Å². The van der Waals surface area contributed by atoms with E-state index in [1.165, 1.54) is 23.9 Å². The number of thioether (sulfide) groups is 1. The molecule has 1 aliphatic heterocycles. The van der Waals surface area contributed by atoms with Gasteiger partial charge in [-0.15, -0.1) is 11.8 Å². The van der Waals surface area contributed by atoms with Crippen molar-refractivity contribution < 1.29 is 14.0 Å². The van der Waals surface area contributed by atoms with Crippen LogP contribution in [0.2, 0.25) is 0 Å². The molecule has 2 aromatic carbocycles. The second kappa shape index (κ2) is 10.3. The minimum absolute atomic E-state index is 0.0549. The SMILES string of the molecule is Cc1cccc(NC(=O)CSCC(=O)N2CCCN(c3ccc(F)cc3)CC2)c1. The summed E-state index contributed by atoms with van der Waals surface area (Å²) >= 11 is 1.33. The molecule has 0 unspecified atom stereocenters. The molecule has 2 amide bonds. The summed E-state index contributed by atoms with van der Waals surface area (Å²) in [7, 11) is 0. The first-order chi connectivity index (χ1) is 14.0. The molecule has 0 saturated carbocycles. The molecule has 154 valence electrons. The van der Waals surface area contributed by atoms with Crippen molar-refractivity contribution in [1.82, 2.24) is 4.90 Å². The third-order valence-electron chi connectivity index (χ3n) is 4.80. The number of hydrogen-bond donors (Lipinski definition) is 1. The van der Waals surface area contributed by atoms with Crippen molar-refractivity contribution in [2.75, 3.05) is 47.9 Å². The van der Waals surface area contributed by atoms with Crippen molar-refractivity contribution >= 4 is 35.0 Å². The van der Waals surface area contributed by atoms with E-state index in [1.54, 1.807) is 12.1 Å². The number of nitrogens with zero attached hydrogens (tertiary/aromatic N) is 2. The molecule has 1 heterocycles. The predicted molar refractivity (Wildman–Crippen MR) is 117 cm³/mol. The Morgan fingerprint density at radius 3 is 2.59 bits per heavy atom. The summed E-state index contributed by atoms with van der Waals surface area (Å²) in [5.41, 5.74) is 2.83. The maximum atomic E-state index is 13.1. The highest BCUT2D eigenvalue weighted by Crippen LogP contribution is 2.18. The van der Waals surface area contributed by atoms with E-state index in [0.29, 0.717) is 13.1 Å². The fourth-order valence-electron chi connectivity index (χ4n) is 3.32. The lowest BCUT2D eigenvalue weighted by Gasteiger charge is -2.23. The lowest BCUT2D eigenvalue weighted by molar-refractivity contribution is -0.128. The number of aryl methyl sites for hydroxylation is 1. The Bertz CT molecular complexity index is 844. The topological polar surface area (TPSA) is 52.7 Å². The van der Waals surface area contributed by atoms with Crippen molar-refractivity contribution in [3.05, 3.63) is 59.9 Å². The number of benzene rings is 2.